The lowest BCUT2D eigenvalue weighted by Gasteiger charge is -2.23. The molecule has 1 aliphatic heterocycles. The average Bonchev–Trinajstić information content (AvgIpc) is 2.34. The van der Waals surface area contributed by atoms with E-state index >= 15 is 0 Å². The monoisotopic (exact) mass is 145 g/mol. The molecule has 60 valence electrons. The van der Waals surface area contributed by atoms with Gasteiger partial charge in [-0.1, -0.05) is 0 Å². The molecule has 0 aromatic rings. The fourth-order valence-electron chi connectivity index (χ4n) is 1.45. The summed E-state index contributed by atoms with van der Waals surface area (Å²) < 4.78 is 4.82. The molecule has 1 saturated heterocycles. The van der Waals surface area contributed by atoms with Gasteiger partial charge >= 0.3 is 0 Å². The van der Waals surface area contributed by atoms with Crippen molar-refractivity contribution in [1.82, 2.24) is 4.90 Å². The van der Waals surface area contributed by atoms with E-state index in [9.17, 15) is 5.11 Å². The number of aliphatic hydroxyl groups excluding tert-OH is 1. The molecule has 10 heavy (non-hydrogen) atoms. The maximum absolute atomic E-state index is 9.26. The second kappa shape index (κ2) is 3.32. The van der Waals surface area contributed by atoms with Crippen molar-refractivity contribution in [2.45, 2.75) is 25.2 Å². The maximum Gasteiger partial charge on any atom is 0.169 e. The quantitative estimate of drug-likeness (QED) is 0.557. The topological polar surface area (TPSA) is 32.7 Å². The van der Waals surface area contributed by atoms with E-state index in [4.69, 9.17) is 4.74 Å². The van der Waals surface area contributed by atoms with E-state index in [1.807, 2.05) is 7.05 Å². The van der Waals surface area contributed by atoms with Crippen LogP contribution in [0.3, 0.4) is 0 Å². The molecule has 0 amide bonds. The molecule has 0 aromatic heterocycles. The van der Waals surface area contributed by atoms with Gasteiger partial charge in [0, 0.05) is 7.11 Å². The standard InChI is InChI=1S/C7H15NO2/c1-8-5-3-4-6(8)7(9)10-2/h6-7,9H,3-5H2,1-2H3. The zero-order chi connectivity index (χ0) is 7.56. The summed E-state index contributed by atoms with van der Waals surface area (Å²) in [7, 11) is 3.55. The van der Waals surface area contributed by atoms with Gasteiger partial charge in [-0.3, -0.25) is 4.90 Å². The van der Waals surface area contributed by atoms with Crippen molar-refractivity contribution in [2.75, 3.05) is 20.7 Å². The minimum absolute atomic E-state index is 0.213. The van der Waals surface area contributed by atoms with Crippen LogP contribution in [0.2, 0.25) is 0 Å². The summed E-state index contributed by atoms with van der Waals surface area (Å²) in [5, 5.41) is 9.26. The van der Waals surface area contributed by atoms with Gasteiger partial charge in [-0.25, -0.2) is 0 Å². The highest BCUT2D eigenvalue weighted by Gasteiger charge is 2.27. The van der Waals surface area contributed by atoms with E-state index < -0.39 is 6.29 Å². The number of methoxy groups -OCH3 is 1. The Balaban J connectivity index is 2.38. The summed E-state index contributed by atoms with van der Waals surface area (Å²) in [6.45, 7) is 1.07. The van der Waals surface area contributed by atoms with Gasteiger partial charge in [-0.2, -0.15) is 0 Å². The first-order valence-corrected chi connectivity index (χ1v) is 3.67. The van der Waals surface area contributed by atoms with Crippen LogP contribution in [0.5, 0.6) is 0 Å². The van der Waals surface area contributed by atoms with E-state index in [-0.39, 0.29) is 6.04 Å². The lowest BCUT2D eigenvalue weighted by Crippen LogP contribution is -2.37. The second-order valence-electron chi connectivity index (χ2n) is 2.82. The molecular weight excluding hydrogens is 130 g/mol. The third-order valence-electron chi connectivity index (χ3n) is 2.15. The van der Waals surface area contributed by atoms with Crippen molar-refractivity contribution >= 4 is 0 Å². The Bertz CT molecular complexity index is 108. The molecule has 0 bridgehead atoms. The van der Waals surface area contributed by atoms with Crippen LogP contribution in [-0.4, -0.2) is 43.0 Å². The number of hydrogen-bond acceptors (Lipinski definition) is 3. The van der Waals surface area contributed by atoms with E-state index in [0.717, 1.165) is 13.0 Å². The van der Waals surface area contributed by atoms with Gasteiger partial charge in [0.1, 0.15) is 0 Å². The van der Waals surface area contributed by atoms with Crippen LogP contribution in [0.1, 0.15) is 12.8 Å². The predicted molar refractivity (Wildman–Crippen MR) is 38.7 cm³/mol. The molecule has 1 heterocycles. The smallest absolute Gasteiger partial charge is 0.169 e. The molecule has 0 aromatic carbocycles. The van der Waals surface area contributed by atoms with E-state index in [1.54, 1.807) is 0 Å². The Labute approximate surface area is 61.6 Å². The first-order chi connectivity index (χ1) is 4.75. The lowest BCUT2D eigenvalue weighted by atomic mass is 10.2. The van der Waals surface area contributed by atoms with Gasteiger partial charge in [0.2, 0.25) is 0 Å². The van der Waals surface area contributed by atoms with Gasteiger partial charge in [-0.05, 0) is 26.4 Å². The second-order valence-corrected chi connectivity index (χ2v) is 2.82. The number of likely N-dealkylation sites (N-methyl/N-ethyl adjacent to an activating group) is 1. The summed E-state index contributed by atoms with van der Waals surface area (Å²) >= 11 is 0. The molecule has 3 heteroatoms. The number of ether oxygens (including phenoxy) is 1. The number of hydrogen-bond donors (Lipinski definition) is 1. The van der Waals surface area contributed by atoms with Crippen LogP contribution in [0.15, 0.2) is 0 Å². The van der Waals surface area contributed by atoms with E-state index in [0.29, 0.717) is 0 Å². The first-order valence-electron chi connectivity index (χ1n) is 3.67. The fourth-order valence-corrected chi connectivity index (χ4v) is 1.45. The fraction of sp³-hybridized carbons (Fsp3) is 1.00. The Morgan fingerprint density at radius 1 is 1.70 bits per heavy atom. The molecule has 2 unspecified atom stereocenters. The summed E-state index contributed by atoms with van der Waals surface area (Å²) in [5.74, 6) is 0. The Morgan fingerprint density at radius 2 is 2.40 bits per heavy atom. The Morgan fingerprint density at radius 3 is 2.80 bits per heavy atom. The molecule has 1 fully saturated rings. The van der Waals surface area contributed by atoms with Crippen molar-refractivity contribution < 1.29 is 9.84 Å². The van der Waals surface area contributed by atoms with Gasteiger partial charge in [0.05, 0.1) is 6.04 Å². The highest BCUT2D eigenvalue weighted by molar-refractivity contribution is 4.77. The van der Waals surface area contributed by atoms with Gasteiger partial charge in [0.25, 0.3) is 0 Å². The van der Waals surface area contributed by atoms with Crippen molar-refractivity contribution in [3.63, 3.8) is 0 Å². The molecule has 1 aliphatic rings. The number of aliphatic hydroxyl groups is 1. The zero-order valence-corrected chi connectivity index (χ0v) is 6.58. The van der Waals surface area contributed by atoms with Crippen LogP contribution in [0.25, 0.3) is 0 Å². The third-order valence-corrected chi connectivity index (χ3v) is 2.15. The number of likely N-dealkylation sites (tertiary alicyclic amines) is 1. The third kappa shape index (κ3) is 1.48. The first kappa shape index (κ1) is 7.98. The van der Waals surface area contributed by atoms with Gasteiger partial charge in [-0.15, -0.1) is 0 Å². The van der Waals surface area contributed by atoms with E-state index in [1.165, 1.54) is 13.5 Å². The highest BCUT2D eigenvalue weighted by atomic mass is 16.6. The normalized spacial score (nSPS) is 30.9. The molecule has 0 spiro atoms. The van der Waals surface area contributed by atoms with Crippen LogP contribution in [-0.2, 0) is 4.74 Å². The molecule has 0 radical (unpaired) electrons. The van der Waals surface area contributed by atoms with Crippen LogP contribution >= 0.6 is 0 Å². The van der Waals surface area contributed by atoms with Crippen molar-refractivity contribution in [2.24, 2.45) is 0 Å². The van der Waals surface area contributed by atoms with Crippen molar-refractivity contribution in [3.05, 3.63) is 0 Å². The van der Waals surface area contributed by atoms with Gasteiger partial charge < -0.3 is 9.84 Å². The minimum Gasteiger partial charge on any atom is -0.367 e. The van der Waals surface area contributed by atoms with Crippen LogP contribution in [0, 0.1) is 0 Å². The highest BCUT2D eigenvalue weighted by Crippen LogP contribution is 2.17. The summed E-state index contributed by atoms with van der Waals surface area (Å²) in [5.41, 5.74) is 0. The maximum atomic E-state index is 9.26. The van der Waals surface area contributed by atoms with Gasteiger partial charge in [0.15, 0.2) is 6.29 Å². The van der Waals surface area contributed by atoms with Crippen molar-refractivity contribution in [3.8, 4) is 0 Å². The number of rotatable bonds is 2. The zero-order valence-electron chi connectivity index (χ0n) is 6.58. The largest absolute Gasteiger partial charge is 0.367 e. The Hall–Kier alpha value is -0.120. The molecule has 2 atom stereocenters. The lowest BCUT2D eigenvalue weighted by molar-refractivity contribution is -0.113. The molecule has 3 nitrogen and oxygen atoms in total. The minimum atomic E-state index is -0.604. The molecule has 1 N–H and O–H groups in total. The van der Waals surface area contributed by atoms with Crippen LogP contribution < -0.4 is 0 Å². The summed E-state index contributed by atoms with van der Waals surface area (Å²) in [4.78, 5) is 2.13. The SMILES string of the molecule is COC(O)C1CCCN1C. The molecule has 1 rings (SSSR count). The average molecular weight is 145 g/mol. The number of nitrogens with zero attached hydrogens (tertiary/aromatic N) is 1. The van der Waals surface area contributed by atoms with E-state index in [2.05, 4.69) is 4.90 Å². The predicted octanol–water partition coefficient (Wildman–Crippen LogP) is 0.0454. The summed E-state index contributed by atoms with van der Waals surface area (Å²) in [6.07, 6.45) is 1.61. The molecule has 0 aliphatic carbocycles. The van der Waals surface area contributed by atoms with Crippen LogP contribution in [0.4, 0.5) is 0 Å². The summed E-state index contributed by atoms with van der Waals surface area (Å²) in [6, 6.07) is 0.213. The molecular formula is C7H15NO2. The molecule has 0 saturated carbocycles. The van der Waals surface area contributed by atoms with Crippen molar-refractivity contribution in [1.29, 1.82) is 0 Å². The Kier molecular flexibility index (Phi) is 2.65.